The average Bonchev–Trinajstić information content (AvgIpc) is 3.81. The number of benzene rings is 1. The number of fused-ring (bicyclic) bond motifs is 2. The maximum atomic E-state index is 13.5. The number of nitrogens with zero attached hydrogens (tertiary/aromatic N) is 8. The summed E-state index contributed by atoms with van der Waals surface area (Å²) in [6.45, 7) is 4.95. The lowest BCUT2D eigenvalue weighted by Gasteiger charge is -2.34. The smallest absolute Gasteiger partial charge is 0.329 e. The molecule has 2 amide bonds. The summed E-state index contributed by atoms with van der Waals surface area (Å²) in [5, 5.41) is 6.76. The normalized spacial score (nSPS) is 21.9. The van der Waals surface area contributed by atoms with Crippen LogP contribution in [-0.4, -0.2) is 106 Å². The zero-order valence-corrected chi connectivity index (χ0v) is 32.6. The molecule has 4 aromatic rings. The van der Waals surface area contributed by atoms with Gasteiger partial charge in [-0.05, 0) is 94.6 Å². The summed E-state index contributed by atoms with van der Waals surface area (Å²) in [5.74, 6) is 0.118. The van der Waals surface area contributed by atoms with Crippen LogP contribution >= 0.6 is 0 Å². The number of likely N-dealkylation sites (tertiary alicyclic amines) is 1. The summed E-state index contributed by atoms with van der Waals surface area (Å²) in [6, 6.07) is 9.07. The van der Waals surface area contributed by atoms with Crippen LogP contribution in [0.25, 0.3) is 22.1 Å². The molecule has 55 heavy (non-hydrogen) atoms. The molecule has 3 saturated heterocycles. The van der Waals surface area contributed by atoms with Gasteiger partial charge in [-0.2, -0.15) is 4.98 Å². The van der Waals surface area contributed by atoms with E-state index < -0.39 is 23.1 Å². The summed E-state index contributed by atoms with van der Waals surface area (Å²) in [5.41, 5.74) is 3.20. The van der Waals surface area contributed by atoms with Crippen molar-refractivity contribution in [1.82, 2.24) is 42.5 Å². The number of imide groups is 1. The number of piperidine rings is 3. The van der Waals surface area contributed by atoms with Crippen molar-refractivity contribution in [2.75, 3.05) is 51.6 Å². The van der Waals surface area contributed by atoms with E-state index in [2.05, 4.69) is 26.6 Å². The van der Waals surface area contributed by atoms with E-state index in [4.69, 9.17) is 4.98 Å². The van der Waals surface area contributed by atoms with Crippen LogP contribution in [0, 0.1) is 0 Å². The van der Waals surface area contributed by atoms with Crippen molar-refractivity contribution in [3.05, 3.63) is 62.9 Å². The van der Waals surface area contributed by atoms with Gasteiger partial charge in [0.25, 0.3) is 5.56 Å². The van der Waals surface area contributed by atoms with Gasteiger partial charge in [-0.3, -0.25) is 33.4 Å². The summed E-state index contributed by atoms with van der Waals surface area (Å²) in [6.07, 6.45) is 11.1. The second kappa shape index (κ2) is 16.1. The first kappa shape index (κ1) is 37.7. The van der Waals surface area contributed by atoms with Gasteiger partial charge in [0.2, 0.25) is 17.8 Å². The van der Waals surface area contributed by atoms with Crippen molar-refractivity contribution in [1.29, 1.82) is 0 Å². The van der Waals surface area contributed by atoms with Crippen molar-refractivity contribution in [3.8, 4) is 0 Å². The molecular weight excluding hydrogens is 721 g/mol. The Labute approximate surface area is 322 Å². The standard InChI is InChI=1S/C39H52N10O5S/c1-44(55(54)47-23-17-28(18-24-47)41-38-40-25-27-11-14-34(51)48(36(27)43-38)29-7-3-4-8-29)19-6-20-46-21-15-26(16-22-46)30-9-5-10-31-35(30)45(2)39(53)49(31)32-12-13-33(50)42-37(32)52/h5,9-11,14,25-26,28-29,32H,3-4,6-8,12-13,15-24H2,1-2H3,(H,40,41,43)(H,42,50,52). The van der Waals surface area contributed by atoms with E-state index in [1.807, 2.05) is 38.4 Å². The molecule has 1 aromatic carbocycles. The molecule has 2 unspecified atom stereocenters. The van der Waals surface area contributed by atoms with Crippen LogP contribution in [0.3, 0.4) is 0 Å². The maximum absolute atomic E-state index is 13.5. The Morgan fingerprint density at radius 1 is 0.927 bits per heavy atom. The molecule has 4 aliphatic rings. The number of carbonyl (C=O) groups is 2. The first-order valence-electron chi connectivity index (χ1n) is 19.9. The van der Waals surface area contributed by atoms with Crippen molar-refractivity contribution in [2.24, 2.45) is 7.05 Å². The number of imidazole rings is 1. The molecule has 0 bridgehead atoms. The van der Waals surface area contributed by atoms with Crippen molar-refractivity contribution in [2.45, 2.75) is 94.7 Å². The number of nitrogens with one attached hydrogen (secondary N) is 2. The predicted octanol–water partition coefficient (Wildman–Crippen LogP) is 3.19. The lowest BCUT2D eigenvalue weighted by atomic mass is 9.88. The highest BCUT2D eigenvalue weighted by molar-refractivity contribution is 7.80. The Morgan fingerprint density at radius 2 is 1.69 bits per heavy atom. The van der Waals surface area contributed by atoms with Gasteiger partial charge >= 0.3 is 5.69 Å². The third kappa shape index (κ3) is 7.65. The second-order valence-electron chi connectivity index (χ2n) is 15.7. The number of aryl methyl sites for hydroxylation is 1. The Hall–Kier alpha value is -4.25. The van der Waals surface area contributed by atoms with E-state index >= 15 is 0 Å². The van der Waals surface area contributed by atoms with E-state index in [1.165, 1.54) is 0 Å². The van der Waals surface area contributed by atoms with Gasteiger partial charge in [0, 0.05) is 69.9 Å². The molecule has 2 atom stereocenters. The molecule has 2 N–H and O–H groups in total. The fourth-order valence-electron chi connectivity index (χ4n) is 9.25. The van der Waals surface area contributed by atoms with Crippen LogP contribution in [0.5, 0.6) is 0 Å². The van der Waals surface area contributed by atoms with Gasteiger partial charge in [-0.25, -0.2) is 22.6 Å². The van der Waals surface area contributed by atoms with Crippen LogP contribution < -0.4 is 21.9 Å². The average molecular weight is 773 g/mol. The molecule has 6 heterocycles. The van der Waals surface area contributed by atoms with Crippen molar-refractivity contribution < 1.29 is 13.8 Å². The Balaban J connectivity index is 0.801. The first-order valence-corrected chi connectivity index (χ1v) is 21.0. The topological polar surface area (TPSA) is 160 Å². The SMILES string of the molecule is CN(CCCN1CCC(c2cccc3c2n(C)c(=O)n3C2CCC(=O)NC2=O)CC1)S(=O)N1CCC(Nc2ncc3ccc(=O)n(C4CCCC4)c3n2)CC1. The molecule has 15 nitrogen and oxygen atoms in total. The summed E-state index contributed by atoms with van der Waals surface area (Å²) in [7, 11) is 3.70. The highest BCUT2D eigenvalue weighted by Crippen LogP contribution is 2.34. The van der Waals surface area contributed by atoms with Gasteiger partial charge in [0.1, 0.15) is 11.7 Å². The summed E-state index contributed by atoms with van der Waals surface area (Å²) < 4.78 is 22.6. The van der Waals surface area contributed by atoms with E-state index in [0.717, 1.165) is 106 Å². The third-order valence-corrected chi connectivity index (χ3v) is 13.8. The molecule has 0 radical (unpaired) electrons. The van der Waals surface area contributed by atoms with Crippen molar-refractivity contribution in [3.63, 3.8) is 0 Å². The van der Waals surface area contributed by atoms with Gasteiger partial charge in [-0.1, -0.05) is 25.0 Å². The monoisotopic (exact) mass is 772 g/mol. The molecule has 294 valence electrons. The predicted molar refractivity (Wildman–Crippen MR) is 212 cm³/mol. The zero-order chi connectivity index (χ0) is 38.2. The van der Waals surface area contributed by atoms with Gasteiger partial charge in [-0.15, -0.1) is 0 Å². The quantitative estimate of drug-likeness (QED) is 0.219. The molecule has 8 rings (SSSR count). The highest BCUT2D eigenvalue weighted by atomic mass is 32.2. The maximum Gasteiger partial charge on any atom is 0.329 e. The van der Waals surface area contributed by atoms with Gasteiger partial charge in [0.05, 0.1) is 11.0 Å². The Bertz CT molecular complexity index is 2210. The number of amides is 2. The number of hydrogen-bond acceptors (Lipinski definition) is 9. The lowest BCUT2D eigenvalue weighted by Crippen LogP contribution is -2.45. The zero-order valence-electron chi connectivity index (χ0n) is 31.8. The van der Waals surface area contributed by atoms with E-state index in [1.54, 1.807) is 28.4 Å². The summed E-state index contributed by atoms with van der Waals surface area (Å²) in [4.78, 5) is 62.5. The molecule has 4 fully saturated rings. The second-order valence-corrected chi connectivity index (χ2v) is 17.3. The fraction of sp³-hybridized carbons (Fsp3) is 0.590. The molecule has 3 aromatic heterocycles. The third-order valence-electron chi connectivity index (χ3n) is 12.3. The van der Waals surface area contributed by atoms with Crippen LogP contribution in [0.15, 0.2) is 46.1 Å². The van der Waals surface area contributed by atoms with Crippen molar-refractivity contribution >= 4 is 51.0 Å². The number of anilines is 1. The summed E-state index contributed by atoms with van der Waals surface area (Å²) >= 11 is -1.22. The molecule has 16 heteroatoms. The number of rotatable bonds is 11. The first-order chi connectivity index (χ1) is 26.7. The number of carbonyl (C=O) groups excluding carboxylic acids is 2. The van der Waals surface area contributed by atoms with Crippen LogP contribution in [0.4, 0.5) is 5.95 Å². The van der Waals surface area contributed by atoms with E-state index in [0.29, 0.717) is 37.0 Å². The Morgan fingerprint density at radius 3 is 2.44 bits per heavy atom. The highest BCUT2D eigenvalue weighted by Gasteiger charge is 2.33. The Kier molecular flexibility index (Phi) is 11.0. The number of para-hydroxylation sites is 1. The molecule has 1 saturated carbocycles. The largest absolute Gasteiger partial charge is 0.351 e. The minimum Gasteiger partial charge on any atom is -0.351 e. The van der Waals surface area contributed by atoms with Gasteiger partial charge in [0.15, 0.2) is 11.2 Å². The van der Waals surface area contributed by atoms with E-state index in [9.17, 15) is 23.4 Å². The number of pyridine rings is 1. The molecular formula is C39H52N10O5S. The van der Waals surface area contributed by atoms with Gasteiger partial charge < -0.3 is 10.2 Å². The molecule has 1 aliphatic carbocycles. The minimum atomic E-state index is -1.22. The van der Waals surface area contributed by atoms with Crippen LogP contribution in [-0.2, 0) is 27.8 Å². The van der Waals surface area contributed by atoms with E-state index in [-0.39, 0.29) is 35.7 Å². The number of aromatic nitrogens is 5. The number of hydrogen-bond donors (Lipinski definition) is 2. The minimum absolute atomic E-state index is 0.00461. The fourth-order valence-corrected chi connectivity index (χ4v) is 10.5. The van der Waals surface area contributed by atoms with Crippen LogP contribution in [0.1, 0.15) is 94.2 Å². The lowest BCUT2D eigenvalue weighted by molar-refractivity contribution is -0.135. The molecule has 3 aliphatic heterocycles. The molecule has 0 spiro atoms. The van der Waals surface area contributed by atoms with Crippen LogP contribution in [0.2, 0.25) is 0 Å².